The Morgan fingerprint density at radius 2 is 1.89 bits per heavy atom. The molecule has 1 saturated carbocycles. The Bertz CT molecular complexity index is 429. The number of nitrogens with two attached hydrogens (primary N) is 2. The Morgan fingerprint density at radius 3 is 2.47 bits per heavy atom. The molecule has 0 aliphatic heterocycles. The normalized spacial score (nSPS) is 20.3. The van der Waals surface area contributed by atoms with Crippen LogP contribution < -0.4 is 11.6 Å². The summed E-state index contributed by atoms with van der Waals surface area (Å²) in [6, 6.07) is 4.18. The van der Waals surface area contributed by atoms with Crippen molar-refractivity contribution in [3.63, 3.8) is 0 Å². The third-order valence-corrected chi connectivity index (χ3v) is 4.03. The van der Waals surface area contributed by atoms with Crippen LogP contribution in [0.1, 0.15) is 45.1 Å². The van der Waals surface area contributed by atoms with Crippen molar-refractivity contribution in [3.8, 4) is 0 Å². The van der Waals surface area contributed by atoms with E-state index >= 15 is 0 Å². The summed E-state index contributed by atoms with van der Waals surface area (Å²) in [6.07, 6.45) is 10.0. The molecule has 19 heavy (non-hydrogen) atoms. The van der Waals surface area contributed by atoms with E-state index in [9.17, 15) is 0 Å². The van der Waals surface area contributed by atoms with Crippen LogP contribution in [0.5, 0.6) is 0 Å². The number of hydrogen-bond donors (Lipinski definition) is 2. The van der Waals surface area contributed by atoms with Crippen LogP contribution in [0.15, 0.2) is 30.7 Å². The average molecular weight is 260 g/mol. The summed E-state index contributed by atoms with van der Waals surface area (Å²) >= 11 is 0. The number of pyridine rings is 1. The summed E-state index contributed by atoms with van der Waals surface area (Å²) in [6.45, 7) is 4.65. The van der Waals surface area contributed by atoms with Gasteiger partial charge in [-0.3, -0.25) is 4.98 Å². The smallest absolute Gasteiger partial charge is 0.0565 e. The van der Waals surface area contributed by atoms with Crippen LogP contribution in [0.2, 0.25) is 0 Å². The van der Waals surface area contributed by atoms with Crippen molar-refractivity contribution >= 4 is 5.70 Å². The first kappa shape index (κ1) is 13.9. The maximum absolute atomic E-state index is 6.14. The lowest BCUT2D eigenvalue weighted by Crippen LogP contribution is -2.41. The van der Waals surface area contributed by atoms with Gasteiger partial charge in [-0.05, 0) is 43.2 Å². The zero-order valence-electron chi connectivity index (χ0n) is 11.8. The molecule has 1 fully saturated rings. The molecule has 2 rings (SSSR count). The van der Waals surface area contributed by atoms with E-state index in [0.29, 0.717) is 17.2 Å². The highest BCUT2D eigenvalue weighted by Gasteiger charge is 2.28. The number of hydrazine groups is 1. The first-order valence-corrected chi connectivity index (χ1v) is 6.89. The van der Waals surface area contributed by atoms with Crippen LogP contribution in [-0.2, 0) is 0 Å². The molecule has 4 nitrogen and oxygen atoms in total. The molecule has 1 aromatic rings. The van der Waals surface area contributed by atoms with Crippen LogP contribution in [0, 0.1) is 5.41 Å². The molecule has 0 radical (unpaired) electrons. The second kappa shape index (κ2) is 5.61. The third-order valence-electron chi connectivity index (χ3n) is 4.03. The Hall–Kier alpha value is -1.55. The monoisotopic (exact) mass is 260 g/mol. The molecule has 1 heterocycles. The Kier molecular flexibility index (Phi) is 4.10. The highest BCUT2D eigenvalue weighted by atomic mass is 15.4. The van der Waals surface area contributed by atoms with Gasteiger partial charge in [-0.2, -0.15) is 0 Å². The Labute approximate surface area is 115 Å². The Balaban J connectivity index is 1.99. The fourth-order valence-corrected chi connectivity index (χ4v) is 2.57. The second-order valence-electron chi connectivity index (χ2n) is 6.16. The van der Waals surface area contributed by atoms with E-state index in [1.807, 2.05) is 18.3 Å². The van der Waals surface area contributed by atoms with Gasteiger partial charge in [0.25, 0.3) is 0 Å². The maximum Gasteiger partial charge on any atom is 0.0565 e. The summed E-state index contributed by atoms with van der Waals surface area (Å²) < 4.78 is 0. The van der Waals surface area contributed by atoms with Crippen molar-refractivity contribution in [2.75, 3.05) is 0 Å². The number of hydrogen-bond acceptors (Lipinski definition) is 4. The fourth-order valence-electron chi connectivity index (χ4n) is 2.57. The molecule has 1 aliphatic carbocycles. The molecule has 0 unspecified atom stereocenters. The van der Waals surface area contributed by atoms with E-state index in [0.717, 1.165) is 18.4 Å². The largest absolute Gasteiger partial charge is 0.397 e. The topological polar surface area (TPSA) is 68.2 Å². The van der Waals surface area contributed by atoms with Crippen molar-refractivity contribution < 1.29 is 0 Å². The Morgan fingerprint density at radius 1 is 1.32 bits per heavy atom. The van der Waals surface area contributed by atoms with Crippen LogP contribution >= 0.6 is 0 Å². The van der Waals surface area contributed by atoms with Gasteiger partial charge < -0.3 is 10.7 Å². The van der Waals surface area contributed by atoms with E-state index in [1.165, 1.54) is 12.8 Å². The molecule has 0 saturated heterocycles. The van der Waals surface area contributed by atoms with Crippen molar-refractivity contribution in [2.45, 2.75) is 45.6 Å². The van der Waals surface area contributed by atoms with E-state index in [-0.39, 0.29) is 0 Å². The molecule has 0 amide bonds. The standard InChI is InChI=1S/C15H24N4/c1-15(2)7-3-13(4-8-15)19(17)11-14(16)12-5-9-18-10-6-12/h5-6,9-11,13H,3-4,7-8,16-17H2,1-2H3/b14-11-. The lowest BCUT2D eigenvalue weighted by atomic mass is 9.75. The van der Waals surface area contributed by atoms with E-state index in [2.05, 4.69) is 18.8 Å². The minimum atomic E-state index is 0.397. The molecule has 104 valence electrons. The zero-order chi connectivity index (χ0) is 13.9. The molecule has 4 heteroatoms. The molecule has 0 bridgehead atoms. The maximum atomic E-state index is 6.14. The van der Waals surface area contributed by atoms with Crippen molar-refractivity contribution in [1.29, 1.82) is 0 Å². The van der Waals surface area contributed by atoms with Gasteiger partial charge in [0, 0.05) is 30.2 Å². The predicted octanol–water partition coefficient (Wildman–Crippen LogP) is 2.48. The predicted molar refractivity (Wildman–Crippen MR) is 78.5 cm³/mol. The van der Waals surface area contributed by atoms with E-state index in [4.69, 9.17) is 11.6 Å². The molecular weight excluding hydrogens is 236 g/mol. The van der Waals surface area contributed by atoms with Gasteiger partial charge >= 0.3 is 0 Å². The SMILES string of the molecule is CC1(C)CCC(N(N)/C=C(\N)c2ccncc2)CC1. The third kappa shape index (κ3) is 3.70. The second-order valence-corrected chi connectivity index (χ2v) is 6.16. The van der Waals surface area contributed by atoms with Gasteiger partial charge in [0.1, 0.15) is 0 Å². The number of nitrogens with zero attached hydrogens (tertiary/aromatic N) is 2. The zero-order valence-corrected chi connectivity index (χ0v) is 11.8. The summed E-state index contributed by atoms with van der Waals surface area (Å²) in [5, 5.41) is 1.78. The van der Waals surface area contributed by atoms with Gasteiger partial charge in [-0.1, -0.05) is 13.8 Å². The van der Waals surface area contributed by atoms with Crippen LogP contribution in [0.4, 0.5) is 0 Å². The van der Waals surface area contributed by atoms with Crippen molar-refractivity contribution in [2.24, 2.45) is 17.0 Å². The van der Waals surface area contributed by atoms with Gasteiger partial charge in [-0.25, -0.2) is 5.84 Å². The highest BCUT2D eigenvalue weighted by molar-refractivity contribution is 5.61. The van der Waals surface area contributed by atoms with Gasteiger partial charge in [0.15, 0.2) is 0 Å². The minimum Gasteiger partial charge on any atom is -0.397 e. The first-order chi connectivity index (χ1) is 8.98. The van der Waals surface area contributed by atoms with Crippen LogP contribution in [0.3, 0.4) is 0 Å². The molecule has 1 aromatic heterocycles. The van der Waals surface area contributed by atoms with E-state index in [1.54, 1.807) is 17.4 Å². The van der Waals surface area contributed by atoms with Gasteiger partial charge in [0.05, 0.1) is 5.70 Å². The fraction of sp³-hybridized carbons (Fsp3) is 0.533. The summed E-state index contributed by atoms with van der Waals surface area (Å²) in [5.74, 6) is 6.14. The number of aromatic nitrogens is 1. The summed E-state index contributed by atoms with van der Waals surface area (Å²) in [7, 11) is 0. The number of rotatable bonds is 3. The molecular formula is C15H24N4. The summed E-state index contributed by atoms with van der Waals surface area (Å²) in [4.78, 5) is 3.99. The molecule has 0 atom stereocenters. The first-order valence-electron chi connectivity index (χ1n) is 6.89. The molecule has 0 aromatic carbocycles. The van der Waals surface area contributed by atoms with Gasteiger partial charge in [-0.15, -0.1) is 0 Å². The van der Waals surface area contributed by atoms with E-state index < -0.39 is 0 Å². The van der Waals surface area contributed by atoms with Crippen molar-refractivity contribution in [3.05, 3.63) is 36.3 Å². The van der Waals surface area contributed by atoms with Crippen LogP contribution in [0.25, 0.3) is 5.70 Å². The quantitative estimate of drug-likeness (QED) is 0.647. The molecule has 4 N–H and O–H groups in total. The highest BCUT2D eigenvalue weighted by Crippen LogP contribution is 2.36. The lowest BCUT2D eigenvalue weighted by Gasteiger charge is -2.37. The summed E-state index contributed by atoms with van der Waals surface area (Å²) in [5.41, 5.74) is 8.17. The van der Waals surface area contributed by atoms with Gasteiger partial charge in [0.2, 0.25) is 0 Å². The lowest BCUT2D eigenvalue weighted by molar-refractivity contribution is 0.143. The average Bonchev–Trinajstić information content (AvgIpc) is 2.39. The van der Waals surface area contributed by atoms with Crippen LogP contribution in [-0.4, -0.2) is 16.0 Å². The minimum absolute atomic E-state index is 0.397. The molecule has 0 spiro atoms. The molecule has 1 aliphatic rings. The van der Waals surface area contributed by atoms with Crippen molar-refractivity contribution in [1.82, 2.24) is 9.99 Å².